The molecule has 1 unspecified atom stereocenters. The fourth-order valence-corrected chi connectivity index (χ4v) is 3.32. The van der Waals surface area contributed by atoms with Crippen molar-refractivity contribution >= 4 is 5.91 Å². The van der Waals surface area contributed by atoms with E-state index >= 15 is 0 Å². The molecule has 2 aromatic heterocycles. The number of aliphatic hydroxyl groups is 1. The Morgan fingerprint density at radius 1 is 1.44 bits per heavy atom. The van der Waals surface area contributed by atoms with Crippen LogP contribution in [0.2, 0.25) is 0 Å². The van der Waals surface area contributed by atoms with Crippen LogP contribution in [0.25, 0.3) is 0 Å². The third-order valence-electron chi connectivity index (χ3n) is 4.42. The van der Waals surface area contributed by atoms with Crippen LogP contribution in [0.15, 0.2) is 36.9 Å². The summed E-state index contributed by atoms with van der Waals surface area (Å²) in [6.45, 7) is 3.24. The molecule has 3 rings (SSSR count). The monoisotopic (exact) mass is 344 g/mol. The molecule has 3 atom stereocenters. The topological polar surface area (TPSA) is 89.3 Å². The molecular weight excluding hydrogens is 320 g/mol. The zero-order valence-electron chi connectivity index (χ0n) is 14.3. The van der Waals surface area contributed by atoms with Crippen LogP contribution >= 0.6 is 0 Å². The summed E-state index contributed by atoms with van der Waals surface area (Å²) in [5, 5.41) is 13.2. The van der Waals surface area contributed by atoms with Crippen molar-refractivity contribution in [2.45, 2.75) is 44.9 Å². The number of aromatic nitrogens is 3. The van der Waals surface area contributed by atoms with Gasteiger partial charge in [-0.2, -0.15) is 0 Å². The number of hydrogen-bond acceptors (Lipinski definition) is 5. The Morgan fingerprint density at radius 3 is 3.08 bits per heavy atom. The molecule has 0 aliphatic heterocycles. The summed E-state index contributed by atoms with van der Waals surface area (Å²) in [4.78, 5) is 20.6. The van der Waals surface area contributed by atoms with Crippen LogP contribution in [0.1, 0.15) is 25.5 Å². The lowest BCUT2D eigenvalue weighted by Crippen LogP contribution is -2.40. The van der Waals surface area contributed by atoms with E-state index in [-0.39, 0.29) is 18.4 Å². The molecule has 1 saturated carbocycles. The number of nitrogens with zero attached hydrogens (tertiary/aromatic N) is 3. The zero-order valence-corrected chi connectivity index (χ0v) is 14.3. The van der Waals surface area contributed by atoms with Crippen LogP contribution < -0.4 is 10.1 Å². The lowest BCUT2D eigenvalue weighted by atomic mass is 10.1. The van der Waals surface area contributed by atoms with Gasteiger partial charge in [0.15, 0.2) is 0 Å². The van der Waals surface area contributed by atoms with Gasteiger partial charge < -0.3 is 19.7 Å². The molecule has 7 heteroatoms. The normalized spacial score (nSPS) is 22.7. The van der Waals surface area contributed by atoms with Crippen molar-refractivity contribution in [3.05, 3.63) is 42.6 Å². The molecule has 0 spiro atoms. The average molecular weight is 344 g/mol. The first-order valence-electron chi connectivity index (χ1n) is 8.66. The first-order chi connectivity index (χ1) is 12.1. The number of hydrogen-bond donors (Lipinski definition) is 2. The molecular formula is C18H24N4O3. The van der Waals surface area contributed by atoms with Crippen LogP contribution in [-0.2, 0) is 17.8 Å². The fraction of sp³-hybridized carbons (Fsp3) is 0.500. The molecule has 0 saturated heterocycles. The second kappa shape index (κ2) is 8.11. The molecule has 1 aliphatic carbocycles. The summed E-state index contributed by atoms with van der Waals surface area (Å²) in [5.41, 5.74) is 0.658. The molecule has 0 aromatic carbocycles. The minimum absolute atomic E-state index is 0.131. The van der Waals surface area contributed by atoms with Gasteiger partial charge in [-0.15, -0.1) is 0 Å². The quantitative estimate of drug-likeness (QED) is 0.787. The number of carbonyl (C=O) groups excluding carboxylic acids is 1. The summed E-state index contributed by atoms with van der Waals surface area (Å²) in [5.74, 6) is 0.719. The third kappa shape index (κ3) is 4.79. The summed E-state index contributed by atoms with van der Waals surface area (Å²) in [6, 6.07) is 5.18. The van der Waals surface area contributed by atoms with E-state index in [1.165, 1.54) is 0 Å². The van der Waals surface area contributed by atoms with Gasteiger partial charge in [0.2, 0.25) is 11.8 Å². The van der Waals surface area contributed by atoms with Gasteiger partial charge >= 0.3 is 0 Å². The summed E-state index contributed by atoms with van der Waals surface area (Å²) < 4.78 is 7.36. The van der Waals surface area contributed by atoms with E-state index in [9.17, 15) is 9.90 Å². The number of aliphatic hydroxyl groups excluding tert-OH is 1. The number of imidazole rings is 1. The van der Waals surface area contributed by atoms with Crippen LogP contribution in [0.4, 0.5) is 0 Å². The van der Waals surface area contributed by atoms with E-state index < -0.39 is 6.10 Å². The minimum atomic E-state index is -0.514. The molecule has 134 valence electrons. The standard InChI is InChI=1S/C18H24N4O3/c1-2-25-18-5-3-4-14(20-18)10-17(24)21-15-8-13(9-16(15)23)11-22-7-6-19-12-22/h3-7,12-13,15-16,23H,2,8-11H2,1H3,(H,21,24)/t13?,15-,16-/m1/s1. The van der Waals surface area contributed by atoms with Gasteiger partial charge in [-0.1, -0.05) is 6.07 Å². The molecule has 2 N–H and O–H groups in total. The van der Waals surface area contributed by atoms with Crippen molar-refractivity contribution in [3.63, 3.8) is 0 Å². The number of amides is 1. The number of carbonyl (C=O) groups is 1. The molecule has 0 bridgehead atoms. The van der Waals surface area contributed by atoms with E-state index in [4.69, 9.17) is 4.74 Å². The lowest BCUT2D eigenvalue weighted by Gasteiger charge is -2.16. The largest absolute Gasteiger partial charge is 0.478 e. The van der Waals surface area contributed by atoms with Gasteiger partial charge in [-0.3, -0.25) is 4.79 Å². The predicted molar refractivity (Wildman–Crippen MR) is 92.0 cm³/mol. The zero-order chi connectivity index (χ0) is 17.6. The van der Waals surface area contributed by atoms with Gasteiger partial charge in [-0.05, 0) is 31.7 Å². The molecule has 0 radical (unpaired) electrons. The van der Waals surface area contributed by atoms with Crippen molar-refractivity contribution in [2.75, 3.05) is 6.61 Å². The number of pyridine rings is 1. The van der Waals surface area contributed by atoms with Crippen LogP contribution in [-0.4, -0.2) is 44.3 Å². The maximum Gasteiger partial charge on any atom is 0.226 e. The fourth-order valence-electron chi connectivity index (χ4n) is 3.32. The summed E-state index contributed by atoms with van der Waals surface area (Å²) in [7, 11) is 0. The Labute approximate surface area is 147 Å². The SMILES string of the molecule is CCOc1cccc(CC(=O)N[C@@H]2CC(Cn3ccnc3)C[C@H]2O)n1. The van der Waals surface area contributed by atoms with Gasteiger partial charge in [0.25, 0.3) is 0 Å². The second-order valence-electron chi connectivity index (χ2n) is 6.42. The van der Waals surface area contributed by atoms with E-state index in [1.807, 2.05) is 23.8 Å². The molecule has 7 nitrogen and oxygen atoms in total. The van der Waals surface area contributed by atoms with Crippen molar-refractivity contribution < 1.29 is 14.6 Å². The van der Waals surface area contributed by atoms with Gasteiger partial charge in [0.1, 0.15) is 0 Å². The maximum absolute atomic E-state index is 12.3. The van der Waals surface area contributed by atoms with Crippen molar-refractivity contribution in [1.29, 1.82) is 0 Å². The van der Waals surface area contributed by atoms with Gasteiger partial charge in [-0.25, -0.2) is 9.97 Å². The Kier molecular flexibility index (Phi) is 5.65. The Hall–Kier alpha value is -2.41. The van der Waals surface area contributed by atoms with Crippen LogP contribution in [0.5, 0.6) is 5.88 Å². The summed E-state index contributed by atoms with van der Waals surface area (Å²) >= 11 is 0. The maximum atomic E-state index is 12.3. The second-order valence-corrected chi connectivity index (χ2v) is 6.42. The highest BCUT2D eigenvalue weighted by Crippen LogP contribution is 2.27. The molecule has 2 heterocycles. The molecule has 2 aromatic rings. The molecule has 25 heavy (non-hydrogen) atoms. The Morgan fingerprint density at radius 2 is 2.32 bits per heavy atom. The highest BCUT2D eigenvalue weighted by molar-refractivity contribution is 5.78. The van der Waals surface area contributed by atoms with E-state index in [2.05, 4.69) is 15.3 Å². The smallest absolute Gasteiger partial charge is 0.226 e. The van der Waals surface area contributed by atoms with Crippen molar-refractivity contribution in [3.8, 4) is 5.88 Å². The highest BCUT2D eigenvalue weighted by atomic mass is 16.5. The van der Waals surface area contributed by atoms with Crippen LogP contribution in [0.3, 0.4) is 0 Å². The van der Waals surface area contributed by atoms with E-state index in [1.54, 1.807) is 24.7 Å². The van der Waals surface area contributed by atoms with Crippen molar-refractivity contribution in [2.24, 2.45) is 5.92 Å². The average Bonchev–Trinajstić information content (AvgIpc) is 3.19. The summed E-state index contributed by atoms with van der Waals surface area (Å²) in [6.07, 6.45) is 6.54. The molecule has 1 aliphatic rings. The first-order valence-corrected chi connectivity index (χ1v) is 8.66. The van der Waals surface area contributed by atoms with Crippen molar-refractivity contribution in [1.82, 2.24) is 19.9 Å². The van der Waals surface area contributed by atoms with Gasteiger partial charge in [0, 0.05) is 25.0 Å². The van der Waals surface area contributed by atoms with Gasteiger partial charge in [0.05, 0.1) is 37.2 Å². The highest BCUT2D eigenvalue weighted by Gasteiger charge is 2.34. The Bertz CT molecular complexity index is 689. The van der Waals surface area contributed by atoms with E-state index in [0.717, 1.165) is 13.0 Å². The predicted octanol–water partition coefficient (Wildman–Crippen LogP) is 1.18. The Balaban J connectivity index is 1.51. The molecule has 1 fully saturated rings. The van der Waals surface area contributed by atoms with E-state index in [0.29, 0.717) is 30.5 Å². The molecule has 1 amide bonds. The third-order valence-corrected chi connectivity index (χ3v) is 4.42. The minimum Gasteiger partial charge on any atom is -0.478 e. The van der Waals surface area contributed by atoms with Crippen LogP contribution in [0, 0.1) is 5.92 Å². The number of rotatable bonds is 7. The first kappa shape index (κ1) is 17.4. The number of nitrogens with one attached hydrogen (secondary N) is 1. The number of ether oxygens (including phenoxy) is 1. The lowest BCUT2D eigenvalue weighted by molar-refractivity contribution is -0.121.